The number of fused-ring (bicyclic) bond motifs is 1. The lowest BCUT2D eigenvalue weighted by atomic mass is 10.1. The van der Waals surface area contributed by atoms with Gasteiger partial charge in [-0.25, -0.2) is 4.79 Å². The van der Waals surface area contributed by atoms with Gasteiger partial charge in [-0.05, 0) is 23.3 Å². The summed E-state index contributed by atoms with van der Waals surface area (Å²) in [5, 5.41) is 2.84. The molecule has 18 heavy (non-hydrogen) atoms. The normalized spacial score (nSPS) is 13.2. The molecule has 1 aliphatic rings. The summed E-state index contributed by atoms with van der Waals surface area (Å²) in [6.45, 7) is 1.34. The largest absolute Gasteiger partial charge is 0.322 e. The molecule has 90 valence electrons. The van der Waals surface area contributed by atoms with Crippen LogP contribution in [0.5, 0.6) is 0 Å². The maximum Gasteiger partial charge on any atom is 0.322 e. The first kappa shape index (κ1) is 10.8. The number of rotatable bonds is 1. The molecule has 1 N–H and O–H groups in total. The predicted molar refractivity (Wildman–Crippen MR) is 68.9 cm³/mol. The number of urea groups is 1. The molecule has 1 aromatic heterocycles. The minimum atomic E-state index is -0.0841. The maximum absolute atomic E-state index is 12.1. The summed E-state index contributed by atoms with van der Waals surface area (Å²) in [7, 11) is 0. The van der Waals surface area contributed by atoms with E-state index in [2.05, 4.69) is 22.4 Å². The summed E-state index contributed by atoms with van der Waals surface area (Å²) in [6.07, 6.45) is 3.32. The van der Waals surface area contributed by atoms with Crippen molar-refractivity contribution in [3.05, 3.63) is 59.9 Å². The van der Waals surface area contributed by atoms with Gasteiger partial charge in [0.25, 0.3) is 0 Å². The van der Waals surface area contributed by atoms with E-state index in [1.54, 1.807) is 23.4 Å². The van der Waals surface area contributed by atoms with E-state index >= 15 is 0 Å². The van der Waals surface area contributed by atoms with Gasteiger partial charge in [-0.3, -0.25) is 4.98 Å². The van der Waals surface area contributed by atoms with Gasteiger partial charge in [0.1, 0.15) is 0 Å². The molecule has 0 saturated heterocycles. The van der Waals surface area contributed by atoms with Crippen LogP contribution in [0.2, 0.25) is 0 Å². The Kier molecular flexibility index (Phi) is 2.68. The zero-order chi connectivity index (χ0) is 12.4. The number of nitrogens with zero attached hydrogens (tertiary/aromatic N) is 2. The van der Waals surface area contributed by atoms with Crippen LogP contribution in [0.15, 0.2) is 48.8 Å². The lowest BCUT2D eigenvalue weighted by molar-refractivity contribution is 0.212. The average molecular weight is 239 g/mol. The van der Waals surface area contributed by atoms with E-state index in [-0.39, 0.29) is 6.03 Å². The molecule has 0 radical (unpaired) electrons. The molecule has 0 saturated carbocycles. The molecular weight excluding hydrogens is 226 g/mol. The van der Waals surface area contributed by atoms with E-state index in [9.17, 15) is 4.79 Å². The second kappa shape index (κ2) is 4.49. The van der Waals surface area contributed by atoms with Crippen LogP contribution in [0, 0.1) is 0 Å². The Bertz CT molecular complexity index is 543. The first-order chi connectivity index (χ1) is 8.83. The van der Waals surface area contributed by atoms with Crippen molar-refractivity contribution in [2.45, 2.75) is 13.1 Å². The third-order valence-corrected chi connectivity index (χ3v) is 3.04. The Balaban J connectivity index is 1.70. The molecule has 0 bridgehead atoms. The third kappa shape index (κ3) is 2.05. The highest BCUT2D eigenvalue weighted by Gasteiger charge is 2.22. The molecular formula is C14H13N3O. The summed E-state index contributed by atoms with van der Waals surface area (Å²) in [5.41, 5.74) is 3.16. The quantitative estimate of drug-likeness (QED) is 0.831. The van der Waals surface area contributed by atoms with Crippen molar-refractivity contribution >= 4 is 11.7 Å². The van der Waals surface area contributed by atoms with Gasteiger partial charge in [-0.2, -0.15) is 0 Å². The van der Waals surface area contributed by atoms with Crippen LogP contribution < -0.4 is 5.32 Å². The number of pyridine rings is 1. The molecule has 2 aromatic rings. The SMILES string of the molecule is O=C(Nc1cccnc1)N1Cc2ccccc2C1. The van der Waals surface area contributed by atoms with E-state index in [1.165, 1.54) is 11.1 Å². The van der Waals surface area contributed by atoms with Gasteiger partial charge in [0.05, 0.1) is 11.9 Å². The summed E-state index contributed by atoms with van der Waals surface area (Å²) in [5.74, 6) is 0. The second-order valence-corrected chi connectivity index (χ2v) is 4.30. The fourth-order valence-electron chi connectivity index (χ4n) is 2.12. The molecule has 1 aromatic carbocycles. The molecule has 0 aliphatic carbocycles. The maximum atomic E-state index is 12.1. The summed E-state index contributed by atoms with van der Waals surface area (Å²) in [4.78, 5) is 17.8. The number of nitrogens with one attached hydrogen (secondary N) is 1. The van der Waals surface area contributed by atoms with Crippen LogP contribution in [0.4, 0.5) is 10.5 Å². The molecule has 0 fully saturated rings. The van der Waals surface area contributed by atoms with Crippen LogP contribution in [-0.4, -0.2) is 15.9 Å². The van der Waals surface area contributed by atoms with Crippen LogP contribution in [-0.2, 0) is 13.1 Å². The van der Waals surface area contributed by atoms with Gasteiger partial charge in [0.2, 0.25) is 0 Å². The molecule has 2 heterocycles. The fourth-order valence-corrected chi connectivity index (χ4v) is 2.12. The van der Waals surface area contributed by atoms with Crippen molar-refractivity contribution in [2.75, 3.05) is 5.32 Å². The number of hydrogen-bond donors (Lipinski definition) is 1. The van der Waals surface area contributed by atoms with E-state index in [0.29, 0.717) is 13.1 Å². The molecule has 1 aliphatic heterocycles. The van der Waals surface area contributed by atoms with Gasteiger partial charge >= 0.3 is 6.03 Å². The molecule has 0 spiro atoms. The Morgan fingerprint density at radius 2 is 1.83 bits per heavy atom. The van der Waals surface area contributed by atoms with Crippen molar-refractivity contribution in [3.63, 3.8) is 0 Å². The molecule has 3 rings (SSSR count). The van der Waals surface area contributed by atoms with Gasteiger partial charge < -0.3 is 10.2 Å². The minimum absolute atomic E-state index is 0.0841. The Morgan fingerprint density at radius 3 is 2.44 bits per heavy atom. The van der Waals surface area contributed by atoms with Gasteiger partial charge in [-0.1, -0.05) is 24.3 Å². The third-order valence-electron chi connectivity index (χ3n) is 3.04. The first-order valence-corrected chi connectivity index (χ1v) is 5.86. The topological polar surface area (TPSA) is 45.2 Å². The molecule has 0 atom stereocenters. The van der Waals surface area contributed by atoms with Crippen molar-refractivity contribution in [1.29, 1.82) is 0 Å². The number of hydrogen-bond acceptors (Lipinski definition) is 2. The van der Waals surface area contributed by atoms with E-state index in [1.807, 2.05) is 18.2 Å². The zero-order valence-electron chi connectivity index (χ0n) is 9.84. The highest BCUT2D eigenvalue weighted by molar-refractivity contribution is 5.89. The van der Waals surface area contributed by atoms with Crippen LogP contribution >= 0.6 is 0 Å². The van der Waals surface area contributed by atoms with Crippen LogP contribution in [0.25, 0.3) is 0 Å². The predicted octanol–water partition coefficient (Wildman–Crippen LogP) is 2.63. The minimum Gasteiger partial charge on any atom is -0.316 e. The highest BCUT2D eigenvalue weighted by Crippen LogP contribution is 2.22. The lowest BCUT2D eigenvalue weighted by Crippen LogP contribution is -2.30. The molecule has 4 heteroatoms. The smallest absolute Gasteiger partial charge is 0.316 e. The first-order valence-electron chi connectivity index (χ1n) is 5.86. The highest BCUT2D eigenvalue weighted by atomic mass is 16.2. The number of amides is 2. The van der Waals surface area contributed by atoms with Crippen molar-refractivity contribution in [1.82, 2.24) is 9.88 Å². The van der Waals surface area contributed by atoms with Crippen LogP contribution in [0.1, 0.15) is 11.1 Å². The Labute approximate surface area is 105 Å². The Hall–Kier alpha value is -2.36. The number of aromatic nitrogens is 1. The second-order valence-electron chi connectivity index (χ2n) is 4.30. The summed E-state index contributed by atoms with van der Waals surface area (Å²) >= 11 is 0. The summed E-state index contributed by atoms with van der Waals surface area (Å²) in [6, 6.07) is 11.7. The van der Waals surface area contributed by atoms with Gasteiger partial charge in [-0.15, -0.1) is 0 Å². The summed E-state index contributed by atoms with van der Waals surface area (Å²) < 4.78 is 0. The van der Waals surface area contributed by atoms with Crippen LogP contribution in [0.3, 0.4) is 0 Å². The number of carbonyl (C=O) groups is 1. The van der Waals surface area contributed by atoms with Crippen molar-refractivity contribution in [2.24, 2.45) is 0 Å². The molecule has 4 nitrogen and oxygen atoms in total. The fraction of sp³-hybridized carbons (Fsp3) is 0.143. The van der Waals surface area contributed by atoms with Gasteiger partial charge in [0, 0.05) is 19.3 Å². The molecule has 2 amide bonds. The van der Waals surface area contributed by atoms with Crippen molar-refractivity contribution in [3.8, 4) is 0 Å². The van der Waals surface area contributed by atoms with Gasteiger partial charge in [0.15, 0.2) is 0 Å². The monoisotopic (exact) mass is 239 g/mol. The van der Waals surface area contributed by atoms with E-state index < -0.39 is 0 Å². The number of carbonyl (C=O) groups excluding carboxylic acids is 1. The number of benzene rings is 1. The standard InChI is InChI=1S/C14H13N3O/c18-14(16-13-6-3-7-15-8-13)17-9-11-4-1-2-5-12(11)10-17/h1-8H,9-10H2,(H,16,18). The lowest BCUT2D eigenvalue weighted by Gasteiger charge is -2.16. The Morgan fingerprint density at radius 1 is 1.11 bits per heavy atom. The average Bonchev–Trinajstić information content (AvgIpc) is 2.84. The molecule has 0 unspecified atom stereocenters. The number of anilines is 1. The van der Waals surface area contributed by atoms with E-state index in [4.69, 9.17) is 0 Å². The van der Waals surface area contributed by atoms with Crippen molar-refractivity contribution < 1.29 is 4.79 Å². The zero-order valence-corrected chi connectivity index (χ0v) is 9.84. The van der Waals surface area contributed by atoms with E-state index in [0.717, 1.165) is 5.69 Å².